The van der Waals surface area contributed by atoms with Gasteiger partial charge >= 0.3 is 5.97 Å². The zero-order valence-electron chi connectivity index (χ0n) is 11.2. The van der Waals surface area contributed by atoms with Crippen molar-refractivity contribution in [3.63, 3.8) is 0 Å². The van der Waals surface area contributed by atoms with E-state index in [4.69, 9.17) is 9.84 Å². The van der Waals surface area contributed by atoms with E-state index >= 15 is 0 Å². The van der Waals surface area contributed by atoms with E-state index in [1.54, 1.807) is 0 Å². The highest BCUT2D eigenvalue weighted by Crippen LogP contribution is 2.19. The normalized spacial score (nSPS) is 21.3. The second-order valence-electron chi connectivity index (χ2n) is 4.84. The molecule has 1 aromatic rings. The average Bonchev–Trinajstić information content (AvgIpc) is 2.83. The smallest absolute Gasteiger partial charge is 0.326 e. The van der Waals surface area contributed by atoms with Gasteiger partial charge in [-0.05, 0) is 24.3 Å². The second-order valence-corrected chi connectivity index (χ2v) is 4.84. The van der Waals surface area contributed by atoms with Crippen LogP contribution in [0.4, 0.5) is 4.39 Å². The van der Waals surface area contributed by atoms with Gasteiger partial charge in [-0.1, -0.05) is 0 Å². The Labute approximate surface area is 120 Å². The zero-order valence-corrected chi connectivity index (χ0v) is 11.2. The number of amides is 1. The van der Waals surface area contributed by atoms with Gasteiger partial charge in [0, 0.05) is 13.0 Å². The van der Waals surface area contributed by atoms with E-state index < -0.39 is 18.1 Å². The van der Waals surface area contributed by atoms with Gasteiger partial charge in [0.2, 0.25) is 5.91 Å². The minimum atomic E-state index is -1.13. The molecule has 0 unspecified atom stereocenters. The van der Waals surface area contributed by atoms with Crippen LogP contribution in [0.1, 0.15) is 12.8 Å². The summed E-state index contributed by atoms with van der Waals surface area (Å²) in [4.78, 5) is 24.1. The van der Waals surface area contributed by atoms with Crippen LogP contribution in [-0.2, 0) is 9.59 Å². The Morgan fingerprint density at radius 3 is 2.62 bits per heavy atom. The number of ether oxygens (including phenoxy) is 1. The van der Waals surface area contributed by atoms with Crippen molar-refractivity contribution in [1.82, 2.24) is 4.90 Å². The number of likely N-dealkylation sites (tertiary alicyclic amines) is 1. The number of β-amino-alcohol motifs (C(OH)–C–C–N with tert-alkyl or cyclic N) is 1. The largest absolute Gasteiger partial charge is 0.493 e. The van der Waals surface area contributed by atoms with Crippen molar-refractivity contribution in [2.75, 3.05) is 13.2 Å². The van der Waals surface area contributed by atoms with Crippen LogP contribution in [0.2, 0.25) is 0 Å². The van der Waals surface area contributed by atoms with Crippen molar-refractivity contribution >= 4 is 11.9 Å². The first-order valence-electron chi connectivity index (χ1n) is 6.56. The molecule has 1 amide bonds. The SMILES string of the molecule is O=C(O)[C@H]1C[C@@H](O)CN1C(=O)CCOc1ccc(F)cc1. The molecule has 7 heteroatoms. The number of carboxylic acids is 1. The first-order chi connectivity index (χ1) is 9.97. The lowest BCUT2D eigenvalue weighted by molar-refractivity contribution is -0.148. The topological polar surface area (TPSA) is 87.1 Å². The van der Waals surface area contributed by atoms with E-state index in [9.17, 15) is 19.1 Å². The summed E-state index contributed by atoms with van der Waals surface area (Å²) in [5.41, 5.74) is 0. The van der Waals surface area contributed by atoms with E-state index in [1.165, 1.54) is 24.3 Å². The van der Waals surface area contributed by atoms with Gasteiger partial charge in [-0.15, -0.1) is 0 Å². The number of aliphatic carboxylic acids is 1. The maximum Gasteiger partial charge on any atom is 0.326 e. The molecule has 2 atom stereocenters. The fourth-order valence-electron chi connectivity index (χ4n) is 2.25. The Morgan fingerprint density at radius 2 is 2.00 bits per heavy atom. The van der Waals surface area contributed by atoms with Crippen molar-refractivity contribution in [3.05, 3.63) is 30.1 Å². The minimum Gasteiger partial charge on any atom is -0.493 e. The predicted octanol–water partition coefficient (Wildman–Crippen LogP) is 0.641. The van der Waals surface area contributed by atoms with Gasteiger partial charge in [0.1, 0.15) is 17.6 Å². The third kappa shape index (κ3) is 3.91. The first kappa shape index (κ1) is 15.2. The van der Waals surface area contributed by atoms with E-state index in [0.29, 0.717) is 5.75 Å². The molecule has 0 aromatic heterocycles. The molecular weight excluding hydrogens is 281 g/mol. The van der Waals surface area contributed by atoms with Crippen LogP contribution < -0.4 is 4.74 Å². The number of aliphatic hydroxyl groups is 1. The molecule has 1 aromatic carbocycles. The molecule has 6 nitrogen and oxygen atoms in total. The molecule has 1 aliphatic rings. The molecular formula is C14H16FNO5. The number of nitrogens with zero attached hydrogens (tertiary/aromatic N) is 1. The Kier molecular flexibility index (Phi) is 4.74. The van der Waals surface area contributed by atoms with E-state index in [-0.39, 0.29) is 37.7 Å². The van der Waals surface area contributed by atoms with Gasteiger partial charge in [0.25, 0.3) is 0 Å². The third-order valence-corrected chi connectivity index (χ3v) is 3.28. The lowest BCUT2D eigenvalue weighted by Gasteiger charge is -2.21. The molecule has 2 N–H and O–H groups in total. The van der Waals surface area contributed by atoms with Crippen LogP contribution in [0.3, 0.4) is 0 Å². The van der Waals surface area contributed by atoms with E-state index in [2.05, 4.69) is 0 Å². The highest BCUT2D eigenvalue weighted by atomic mass is 19.1. The summed E-state index contributed by atoms with van der Waals surface area (Å²) in [7, 11) is 0. The average molecular weight is 297 g/mol. The number of halogens is 1. The summed E-state index contributed by atoms with van der Waals surface area (Å²) in [5, 5.41) is 18.5. The fraction of sp³-hybridized carbons (Fsp3) is 0.429. The predicted molar refractivity (Wildman–Crippen MR) is 70.3 cm³/mol. The standard InChI is InChI=1S/C14H16FNO5/c15-9-1-3-11(4-2-9)21-6-5-13(18)16-8-10(17)7-12(16)14(19)20/h1-4,10,12,17H,5-8H2,(H,19,20)/t10-,12-/m1/s1. The summed E-state index contributed by atoms with van der Waals surface area (Å²) in [6, 6.07) is 4.39. The fourth-order valence-corrected chi connectivity index (χ4v) is 2.25. The summed E-state index contributed by atoms with van der Waals surface area (Å²) < 4.78 is 18.0. The van der Waals surface area contributed by atoms with E-state index in [0.717, 1.165) is 4.90 Å². The third-order valence-electron chi connectivity index (χ3n) is 3.28. The summed E-state index contributed by atoms with van der Waals surface area (Å²) in [5.74, 6) is -1.46. The molecule has 114 valence electrons. The van der Waals surface area contributed by atoms with Crippen LogP contribution in [0.25, 0.3) is 0 Å². The Hall–Kier alpha value is -2.15. The molecule has 0 saturated carbocycles. The number of carbonyl (C=O) groups excluding carboxylic acids is 1. The molecule has 0 bridgehead atoms. The van der Waals surface area contributed by atoms with Crippen molar-refractivity contribution in [2.45, 2.75) is 25.0 Å². The Balaban J connectivity index is 1.84. The number of hydrogen-bond donors (Lipinski definition) is 2. The van der Waals surface area contributed by atoms with Crippen molar-refractivity contribution in [1.29, 1.82) is 0 Å². The van der Waals surface area contributed by atoms with Crippen molar-refractivity contribution < 1.29 is 28.9 Å². The molecule has 1 saturated heterocycles. The van der Waals surface area contributed by atoms with E-state index in [1.807, 2.05) is 0 Å². The monoisotopic (exact) mass is 297 g/mol. The van der Waals surface area contributed by atoms with Crippen LogP contribution >= 0.6 is 0 Å². The lowest BCUT2D eigenvalue weighted by Crippen LogP contribution is -2.41. The van der Waals surface area contributed by atoms with Crippen LogP contribution in [0, 0.1) is 5.82 Å². The summed E-state index contributed by atoms with van der Waals surface area (Å²) in [6.45, 7) is 0.0791. The Morgan fingerprint density at radius 1 is 1.33 bits per heavy atom. The summed E-state index contributed by atoms with van der Waals surface area (Å²) >= 11 is 0. The number of hydrogen-bond acceptors (Lipinski definition) is 4. The number of benzene rings is 1. The van der Waals surface area contributed by atoms with Crippen LogP contribution in [0.5, 0.6) is 5.75 Å². The highest BCUT2D eigenvalue weighted by Gasteiger charge is 2.38. The maximum atomic E-state index is 12.7. The number of rotatable bonds is 5. The highest BCUT2D eigenvalue weighted by molar-refractivity contribution is 5.84. The van der Waals surface area contributed by atoms with Gasteiger partial charge in [-0.2, -0.15) is 0 Å². The van der Waals surface area contributed by atoms with Gasteiger partial charge in [-0.3, -0.25) is 4.79 Å². The van der Waals surface area contributed by atoms with Crippen molar-refractivity contribution in [3.8, 4) is 5.75 Å². The van der Waals surface area contributed by atoms with Gasteiger partial charge < -0.3 is 19.8 Å². The molecule has 0 aliphatic carbocycles. The second kappa shape index (κ2) is 6.53. The van der Waals surface area contributed by atoms with Gasteiger partial charge in [0.15, 0.2) is 0 Å². The quantitative estimate of drug-likeness (QED) is 0.833. The number of aliphatic hydroxyl groups excluding tert-OH is 1. The lowest BCUT2D eigenvalue weighted by atomic mass is 10.2. The van der Waals surface area contributed by atoms with Crippen molar-refractivity contribution in [2.24, 2.45) is 0 Å². The maximum absolute atomic E-state index is 12.7. The molecule has 2 rings (SSSR count). The molecule has 1 fully saturated rings. The summed E-state index contributed by atoms with van der Waals surface area (Å²) in [6.07, 6.45) is -0.776. The molecule has 1 heterocycles. The van der Waals surface area contributed by atoms with Crippen LogP contribution in [0.15, 0.2) is 24.3 Å². The first-order valence-corrected chi connectivity index (χ1v) is 6.56. The molecule has 0 radical (unpaired) electrons. The van der Waals surface area contributed by atoms with Gasteiger partial charge in [-0.25, -0.2) is 9.18 Å². The number of carbonyl (C=O) groups is 2. The molecule has 1 aliphatic heterocycles. The number of carboxylic acid groups (broad SMARTS) is 1. The Bertz CT molecular complexity index is 519. The molecule has 21 heavy (non-hydrogen) atoms. The zero-order chi connectivity index (χ0) is 15.4. The van der Waals surface area contributed by atoms with Crippen LogP contribution in [-0.4, -0.2) is 52.3 Å². The minimum absolute atomic E-state index is 0.00607. The van der Waals surface area contributed by atoms with Gasteiger partial charge in [0.05, 0.1) is 19.1 Å². The molecule has 0 spiro atoms.